The first kappa shape index (κ1) is 12.9. The molecule has 0 aliphatic heterocycles. The van der Waals surface area contributed by atoms with Gasteiger partial charge in [-0.25, -0.2) is 4.98 Å². The van der Waals surface area contributed by atoms with E-state index in [0.29, 0.717) is 12.4 Å². The summed E-state index contributed by atoms with van der Waals surface area (Å²) in [5.41, 5.74) is 14.7. The molecule has 0 saturated heterocycles. The SMILES string of the molecule is Nc1nc(N)c2c(n1)CCC(OCc1ccccc1)C2. The summed E-state index contributed by atoms with van der Waals surface area (Å²) in [6.07, 6.45) is 2.70. The lowest BCUT2D eigenvalue weighted by atomic mass is 9.94. The van der Waals surface area contributed by atoms with Gasteiger partial charge in [-0.15, -0.1) is 0 Å². The Hall–Kier alpha value is -2.14. The van der Waals surface area contributed by atoms with Crippen molar-refractivity contribution in [2.45, 2.75) is 32.0 Å². The number of hydrogen-bond donors (Lipinski definition) is 2. The van der Waals surface area contributed by atoms with Crippen LogP contribution >= 0.6 is 0 Å². The van der Waals surface area contributed by atoms with Gasteiger partial charge >= 0.3 is 0 Å². The Morgan fingerprint density at radius 3 is 2.75 bits per heavy atom. The van der Waals surface area contributed by atoms with Gasteiger partial charge in [0.1, 0.15) is 5.82 Å². The predicted octanol–water partition coefficient (Wildman–Crippen LogP) is 1.72. The smallest absolute Gasteiger partial charge is 0.222 e. The molecule has 1 aliphatic rings. The van der Waals surface area contributed by atoms with E-state index < -0.39 is 0 Å². The quantitative estimate of drug-likeness (QED) is 0.886. The Labute approximate surface area is 118 Å². The summed E-state index contributed by atoms with van der Waals surface area (Å²) in [6.45, 7) is 0.622. The molecule has 1 aromatic carbocycles. The Kier molecular flexibility index (Phi) is 3.52. The number of nitrogens with zero attached hydrogens (tertiary/aromatic N) is 2. The van der Waals surface area contributed by atoms with Crippen molar-refractivity contribution in [1.29, 1.82) is 0 Å². The van der Waals surface area contributed by atoms with Gasteiger partial charge in [0.05, 0.1) is 18.4 Å². The number of nitrogens with two attached hydrogens (primary N) is 2. The van der Waals surface area contributed by atoms with Crippen LogP contribution in [0, 0.1) is 0 Å². The van der Waals surface area contributed by atoms with Crippen LogP contribution in [0.2, 0.25) is 0 Å². The molecule has 4 N–H and O–H groups in total. The van der Waals surface area contributed by atoms with Crippen LogP contribution < -0.4 is 11.5 Å². The molecule has 1 aliphatic carbocycles. The molecular formula is C15H18N4O. The summed E-state index contributed by atoms with van der Waals surface area (Å²) in [7, 11) is 0. The van der Waals surface area contributed by atoms with E-state index >= 15 is 0 Å². The molecule has 5 heteroatoms. The van der Waals surface area contributed by atoms with E-state index in [1.807, 2.05) is 18.2 Å². The van der Waals surface area contributed by atoms with Gasteiger partial charge in [-0.3, -0.25) is 0 Å². The molecule has 1 heterocycles. The molecule has 0 spiro atoms. The van der Waals surface area contributed by atoms with Crippen molar-refractivity contribution in [3.63, 3.8) is 0 Å². The van der Waals surface area contributed by atoms with Crippen LogP contribution in [0.1, 0.15) is 23.2 Å². The highest BCUT2D eigenvalue weighted by Gasteiger charge is 2.23. The lowest BCUT2D eigenvalue weighted by molar-refractivity contribution is 0.0316. The standard InChI is InChI=1S/C15H18N4O/c16-14-12-8-11(6-7-13(12)18-15(17)19-14)20-9-10-4-2-1-3-5-10/h1-5,11H,6-9H2,(H4,16,17,18,19). The van der Waals surface area contributed by atoms with Gasteiger partial charge in [0.2, 0.25) is 5.95 Å². The zero-order chi connectivity index (χ0) is 13.9. The normalized spacial score (nSPS) is 17.7. The van der Waals surface area contributed by atoms with Crippen LogP contribution in [0.4, 0.5) is 11.8 Å². The van der Waals surface area contributed by atoms with Gasteiger partial charge in [-0.1, -0.05) is 30.3 Å². The Morgan fingerprint density at radius 1 is 1.15 bits per heavy atom. The fourth-order valence-electron chi connectivity index (χ4n) is 2.56. The average Bonchev–Trinajstić information content (AvgIpc) is 2.46. The third kappa shape index (κ3) is 2.72. The molecule has 0 amide bonds. The highest BCUT2D eigenvalue weighted by atomic mass is 16.5. The van der Waals surface area contributed by atoms with Gasteiger partial charge in [-0.2, -0.15) is 4.98 Å². The number of hydrogen-bond acceptors (Lipinski definition) is 5. The Balaban J connectivity index is 1.67. The lowest BCUT2D eigenvalue weighted by Crippen LogP contribution is -2.25. The molecule has 0 fully saturated rings. The molecule has 104 valence electrons. The van der Waals surface area contributed by atoms with Gasteiger partial charge in [0, 0.05) is 12.0 Å². The number of fused-ring (bicyclic) bond motifs is 1. The predicted molar refractivity (Wildman–Crippen MR) is 77.9 cm³/mol. The van der Waals surface area contributed by atoms with Gasteiger partial charge in [0.15, 0.2) is 0 Å². The Bertz CT molecular complexity index is 600. The van der Waals surface area contributed by atoms with Crippen LogP contribution in [-0.2, 0) is 24.2 Å². The van der Waals surface area contributed by atoms with E-state index in [2.05, 4.69) is 22.1 Å². The summed E-state index contributed by atoms with van der Waals surface area (Å²) in [5, 5.41) is 0. The van der Waals surface area contributed by atoms with E-state index in [0.717, 1.165) is 30.5 Å². The second-order valence-electron chi connectivity index (χ2n) is 5.05. The van der Waals surface area contributed by atoms with Crippen molar-refractivity contribution < 1.29 is 4.74 Å². The summed E-state index contributed by atoms with van der Waals surface area (Å²) in [6, 6.07) is 10.2. The molecule has 0 radical (unpaired) electrons. The van der Waals surface area contributed by atoms with E-state index in [1.54, 1.807) is 0 Å². The van der Waals surface area contributed by atoms with Crippen molar-refractivity contribution in [3.8, 4) is 0 Å². The first-order chi connectivity index (χ1) is 9.72. The van der Waals surface area contributed by atoms with Gasteiger partial charge in [0.25, 0.3) is 0 Å². The third-order valence-corrected chi connectivity index (χ3v) is 3.61. The van der Waals surface area contributed by atoms with Gasteiger partial charge in [-0.05, 0) is 18.4 Å². The fourth-order valence-corrected chi connectivity index (χ4v) is 2.56. The minimum atomic E-state index is 0.164. The van der Waals surface area contributed by atoms with Crippen molar-refractivity contribution >= 4 is 11.8 Å². The fraction of sp³-hybridized carbons (Fsp3) is 0.333. The van der Waals surface area contributed by atoms with Crippen LogP contribution in [0.15, 0.2) is 30.3 Å². The van der Waals surface area contributed by atoms with Crippen LogP contribution in [0.25, 0.3) is 0 Å². The second-order valence-corrected chi connectivity index (χ2v) is 5.05. The second kappa shape index (κ2) is 5.46. The number of rotatable bonds is 3. The summed E-state index contributed by atoms with van der Waals surface area (Å²) < 4.78 is 5.97. The van der Waals surface area contributed by atoms with E-state index in [9.17, 15) is 0 Å². The number of benzene rings is 1. The Morgan fingerprint density at radius 2 is 1.95 bits per heavy atom. The average molecular weight is 270 g/mol. The maximum atomic E-state index is 5.97. The van der Waals surface area contributed by atoms with Crippen molar-refractivity contribution in [1.82, 2.24) is 9.97 Å². The number of anilines is 2. The number of ether oxygens (including phenoxy) is 1. The highest BCUT2D eigenvalue weighted by molar-refractivity contribution is 5.47. The minimum absolute atomic E-state index is 0.164. The molecule has 3 rings (SSSR count). The number of aromatic nitrogens is 2. The van der Waals surface area contributed by atoms with Gasteiger partial charge < -0.3 is 16.2 Å². The first-order valence-corrected chi connectivity index (χ1v) is 6.78. The van der Waals surface area contributed by atoms with E-state index in [-0.39, 0.29) is 12.1 Å². The van der Waals surface area contributed by atoms with Crippen molar-refractivity contribution in [2.75, 3.05) is 11.5 Å². The molecule has 5 nitrogen and oxygen atoms in total. The van der Waals surface area contributed by atoms with Crippen molar-refractivity contribution in [3.05, 3.63) is 47.2 Å². The van der Waals surface area contributed by atoms with E-state index in [4.69, 9.17) is 16.2 Å². The number of nitrogen functional groups attached to an aromatic ring is 2. The molecule has 1 aromatic heterocycles. The van der Waals surface area contributed by atoms with Crippen LogP contribution in [0.3, 0.4) is 0 Å². The molecule has 0 bridgehead atoms. The summed E-state index contributed by atoms with van der Waals surface area (Å²) in [5.74, 6) is 0.741. The third-order valence-electron chi connectivity index (χ3n) is 3.61. The largest absolute Gasteiger partial charge is 0.383 e. The maximum Gasteiger partial charge on any atom is 0.222 e. The van der Waals surface area contributed by atoms with Crippen LogP contribution in [-0.4, -0.2) is 16.1 Å². The summed E-state index contributed by atoms with van der Waals surface area (Å²) >= 11 is 0. The van der Waals surface area contributed by atoms with Crippen LogP contribution in [0.5, 0.6) is 0 Å². The lowest BCUT2D eigenvalue weighted by Gasteiger charge is -2.25. The molecule has 1 unspecified atom stereocenters. The molecule has 20 heavy (non-hydrogen) atoms. The molecular weight excluding hydrogens is 252 g/mol. The van der Waals surface area contributed by atoms with E-state index in [1.165, 1.54) is 5.56 Å². The van der Waals surface area contributed by atoms with Crippen molar-refractivity contribution in [2.24, 2.45) is 0 Å². The molecule has 2 aromatic rings. The monoisotopic (exact) mass is 270 g/mol. The first-order valence-electron chi connectivity index (χ1n) is 6.78. The topological polar surface area (TPSA) is 87.0 Å². The molecule has 1 atom stereocenters. The minimum Gasteiger partial charge on any atom is -0.383 e. The highest BCUT2D eigenvalue weighted by Crippen LogP contribution is 2.26. The zero-order valence-electron chi connectivity index (χ0n) is 11.2. The zero-order valence-corrected chi connectivity index (χ0v) is 11.2. The molecule has 0 saturated carbocycles. The number of aryl methyl sites for hydroxylation is 1. The summed E-state index contributed by atoms with van der Waals surface area (Å²) in [4.78, 5) is 8.29. The maximum absolute atomic E-state index is 5.97.